The summed E-state index contributed by atoms with van der Waals surface area (Å²) in [5, 5.41) is 3.51. The Morgan fingerprint density at radius 2 is 2.23 bits per heavy atom. The molecule has 0 spiro atoms. The minimum Gasteiger partial charge on any atom is -0.454 e. The summed E-state index contributed by atoms with van der Waals surface area (Å²) in [6.07, 6.45) is 0. The Hall–Kier alpha value is -0.840. The Kier molecular flexibility index (Phi) is 2.75. The van der Waals surface area contributed by atoms with Crippen molar-refractivity contribution in [1.82, 2.24) is 5.16 Å². The van der Waals surface area contributed by atoms with Crippen molar-refractivity contribution in [1.29, 1.82) is 0 Å². The molecule has 0 saturated heterocycles. The van der Waals surface area contributed by atoms with Gasteiger partial charge >= 0.3 is 5.97 Å². The average molecular weight is 248 g/mol. The molecule has 0 aliphatic rings. The Morgan fingerprint density at radius 3 is 2.62 bits per heavy atom. The number of carbonyl (C=O) groups is 1. The predicted octanol–water partition coefficient (Wildman–Crippen LogP) is 2.39. The third-order valence-corrected chi connectivity index (χ3v) is 1.46. The van der Waals surface area contributed by atoms with Gasteiger partial charge in [-0.3, -0.25) is 0 Å². The maximum atomic E-state index is 11.3. The lowest BCUT2D eigenvalue weighted by Crippen LogP contribution is -2.23. The van der Waals surface area contributed by atoms with Crippen LogP contribution in [0.15, 0.2) is 15.2 Å². The van der Waals surface area contributed by atoms with Crippen LogP contribution in [-0.2, 0) is 4.74 Å². The first-order chi connectivity index (χ1) is 5.88. The molecule has 1 aromatic heterocycles. The molecule has 0 radical (unpaired) electrons. The standard InChI is InChI=1S/C8H10BrNO3/c1-8(2,3)12-7(11)5-4-6(9)10-13-5/h4H,1-3H3. The van der Waals surface area contributed by atoms with Crippen LogP contribution in [0.1, 0.15) is 31.3 Å². The first-order valence-corrected chi connectivity index (χ1v) is 4.53. The molecule has 0 saturated carbocycles. The highest BCUT2D eigenvalue weighted by Crippen LogP contribution is 2.15. The van der Waals surface area contributed by atoms with Gasteiger partial charge in [-0.05, 0) is 36.7 Å². The Balaban J connectivity index is 2.70. The number of hydrogen-bond acceptors (Lipinski definition) is 4. The van der Waals surface area contributed by atoms with E-state index in [0.717, 1.165) is 0 Å². The second-order valence-electron chi connectivity index (χ2n) is 3.52. The fraction of sp³-hybridized carbons (Fsp3) is 0.500. The lowest BCUT2D eigenvalue weighted by Gasteiger charge is -2.17. The fourth-order valence-corrected chi connectivity index (χ4v) is 0.959. The van der Waals surface area contributed by atoms with E-state index in [-0.39, 0.29) is 5.76 Å². The van der Waals surface area contributed by atoms with Crippen molar-refractivity contribution >= 4 is 21.9 Å². The molecule has 5 heteroatoms. The second kappa shape index (κ2) is 3.49. The van der Waals surface area contributed by atoms with E-state index in [1.807, 2.05) is 0 Å². The van der Waals surface area contributed by atoms with Crippen LogP contribution in [0.5, 0.6) is 0 Å². The van der Waals surface area contributed by atoms with E-state index < -0.39 is 11.6 Å². The lowest BCUT2D eigenvalue weighted by atomic mass is 10.2. The molecule has 0 fully saturated rings. The molecule has 0 aromatic carbocycles. The molecule has 1 aromatic rings. The molecule has 0 unspecified atom stereocenters. The van der Waals surface area contributed by atoms with Gasteiger partial charge in [0, 0.05) is 6.07 Å². The van der Waals surface area contributed by atoms with Crippen molar-refractivity contribution in [2.24, 2.45) is 0 Å². The van der Waals surface area contributed by atoms with Crippen LogP contribution in [0.2, 0.25) is 0 Å². The van der Waals surface area contributed by atoms with Crippen molar-refractivity contribution < 1.29 is 14.1 Å². The van der Waals surface area contributed by atoms with Crippen LogP contribution in [0.3, 0.4) is 0 Å². The summed E-state index contributed by atoms with van der Waals surface area (Å²) in [5.41, 5.74) is -0.518. The summed E-state index contributed by atoms with van der Waals surface area (Å²) < 4.78 is 10.2. The summed E-state index contributed by atoms with van der Waals surface area (Å²) in [5.74, 6) is -0.410. The topological polar surface area (TPSA) is 52.3 Å². The smallest absolute Gasteiger partial charge is 0.377 e. The zero-order valence-electron chi connectivity index (χ0n) is 7.63. The van der Waals surface area contributed by atoms with Gasteiger partial charge in [0.15, 0.2) is 0 Å². The maximum absolute atomic E-state index is 11.3. The molecule has 13 heavy (non-hydrogen) atoms. The van der Waals surface area contributed by atoms with Crippen LogP contribution < -0.4 is 0 Å². The van der Waals surface area contributed by atoms with E-state index in [9.17, 15) is 4.79 Å². The highest BCUT2D eigenvalue weighted by atomic mass is 79.9. The summed E-state index contributed by atoms with van der Waals surface area (Å²) in [6, 6.07) is 1.47. The highest BCUT2D eigenvalue weighted by molar-refractivity contribution is 9.10. The Morgan fingerprint density at radius 1 is 1.62 bits per heavy atom. The van der Waals surface area contributed by atoms with Gasteiger partial charge in [-0.15, -0.1) is 0 Å². The molecule has 0 aliphatic carbocycles. The number of esters is 1. The third kappa shape index (κ3) is 3.18. The van der Waals surface area contributed by atoms with Crippen molar-refractivity contribution in [2.75, 3.05) is 0 Å². The molecule has 1 heterocycles. The molecule has 1 rings (SSSR count). The number of nitrogens with zero attached hydrogens (tertiary/aromatic N) is 1. The van der Waals surface area contributed by atoms with Gasteiger partial charge in [0.2, 0.25) is 5.76 Å². The number of ether oxygens (including phenoxy) is 1. The molecular weight excluding hydrogens is 238 g/mol. The van der Waals surface area contributed by atoms with Gasteiger partial charge in [-0.2, -0.15) is 0 Å². The Labute approximate surface area is 84.4 Å². The highest BCUT2D eigenvalue weighted by Gasteiger charge is 2.21. The largest absolute Gasteiger partial charge is 0.454 e. The van der Waals surface area contributed by atoms with Crippen molar-refractivity contribution in [2.45, 2.75) is 26.4 Å². The summed E-state index contributed by atoms with van der Waals surface area (Å²) in [7, 11) is 0. The van der Waals surface area contributed by atoms with Crippen LogP contribution in [-0.4, -0.2) is 16.7 Å². The van der Waals surface area contributed by atoms with Gasteiger partial charge in [0.1, 0.15) is 10.2 Å². The van der Waals surface area contributed by atoms with Gasteiger partial charge in [-0.1, -0.05) is 5.16 Å². The monoisotopic (exact) mass is 247 g/mol. The first kappa shape index (κ1) is 10.2. The van der Waals surface area contributed by atoms with E-state index in [4.69, 9.17) is 9.26 Å². The SMILES string of the molecule is CC(C)(C)OC(=O)c1cc(Br)no1. The van der Waals surface area contributed by atoms with Crippen molar-refractivity contribution in [3.63, 3.8) is 0 Å². The Bertz CT molecular complexity index is 313. The van der Waals surface area contributed by atoms with Crippen LogP contribution in [0, 0.1) is 0 Å². The van der Waals surface area contributed by atoms with E-state index in [0.29, 0.717) is 4.60 Å². The van der Waals surface area contributed by atoms with E-state index >= 15 is 0 Å². The summed E-state index contributed by atoms with van der Waals surface area (Å²) >= 11 is 3.07. The third-order valence-electron chi connectivity index (χ3n) is 1.08. The molecule has 72 valence electrons. The second-order valence-corrected chi connectivity index (χ2v) is 4.33. The predicted molar refractivity (Wildman–Crippen MR) is 49.4 cm³/mol. The minimum absolute atomic E-state index is 0.0989. The van der Waals surface area contributed by atoms with Gasteiger partial charge in [0.05, 0.1) is 0 Å². The summed E-state index contributed by atoms with van der Waals surface area (Å²) in [6.45, 7) is 5.36. The molecule has 0 amide bonds. The van der Waals surface area contributed by atoms with Crippen molar-refractivity contribution in [3.8, 4) is 0 Å². The van der Waals surface area contributed by atoms with Gasteiger partial charge in [-0.25, -0.2) is 4.79 Å². The summed E-state index contributed by atoms with van der Waals surface area (Å²) in [4.78, 5) is 11.3. The van der Waals surface area contributed by atoms with Crippen LogP contribution in [0.4, 0.5) is 0 Å². The maximum Gasteiger partial charge on any atom is 0.377 e. The zero-order valence-corrected chi connectivity index (χ0v) is 9.21. The van der Waals surface area contributed by atoms with Gasteiger partial charge < -0.3 is 9.26 Å². The fourth-order valence-electron chi connectivity index (χ4n) is 0.678. The normalized spacial score (nSPS) is 11.4. The molecule has 0 bridgehead atoms. The average Bonchev–Trinajstić information content (AvgIpc) is 2.31. The molecule has 4 nitrogen and oxygen atoms in total. The van der Waals surface area contributed by atoms with E-state index in [2.05, 4.69) is 21.1 Å². The quantitative estimate of drug-likeness (QED) is 0.716. The van der Waals surface area contributed by atoms with Gasteiger partial charge in [0.25, 0.3) is 0 Å². The lowest BCUT2D eigenvalue weighted by molar-refractivity contribution is 0.00276. The first-order valence-electron chi connectivity index (χ1n) is 3.74. The number of hydrogen-bond donors (Lipinski definition) is 0. The number of aromatic nitrogens is 1. The molecule has 0 aliphatic heterocycles. The zero-order chi connectivity index (χ0) is 10.1. The van der Waals surface area contributed by atoms with Crippen LogP contribution >= 0.6 is 15.9 Å². The van der Waals surface area contributed by atoms with E-state index in [1.165, 1.54) is 6.07 Å². The molecule has 0 atom stereocenters. The number of halogens is 1. The number of rotatable bonds is 1. The minimum atomic E-state index is -0.518. The van der Waals surface area contributed by atoms with Crippen LogP contribution in [0.25, 0.3) is 0 Å². The van der Waals surface area contributed by atoms with E-state index in [1.54, 1.807) is 20.8 Å². The molecular formula is C8H10BrNO3. The molecule has 0 N–H and O–H groups in total. The van der Waals surface area contributed by atoms with Crippen molar-refractivity contribution in [3.05, 3.63) is 16.4 Å². The number of carbonyl (C=O) groups excluding carboxylic acids is 1.